The van der Waals surface area contributed by atoms with Gasteiger partial charge in [0.2, 0.25) is 10.0 Å². The number of hydrogen-bond acceptors (Lipinski definition) is 7. The summed E-state index contributed by atoms with van der Waals surface area (Å²) >= 11 is 0. The Morgan fingerprint density at radius 1 is 1.03 bits per heavy atom. The van der Waals surface area contributed by atoms with Gasteiger partial charge in [0.05, 0.1) is 24.2 Å². The van der Waals surface area contributed by atoms with Crippen molar-refractivity contribution in [1.29, 1.82) is 0 Å². The molecule has 1 N–H and O–H groups in total. The number of para-hydroxylation sites is 2. The van der Waals surface area contributed by atoms with Crippen LogP contribution in [0, 0.1) is 0 Å². The number of aromatic nitrogens is 3. The lowest BCUT2D eigenvalue weighted by Crippen LogP contribution is -2.40. The molecule has 2 saturated heterocycles. The van der Waals surface area contributed by atoms with Crippen molar-refractivity contribution in [2.24, 2.45) is 7.05 Å². The van der Waals surface area contributed by atoms with Crippen molar-refractivity contribution >= 4 is 38.6 Å². The van der Waals surface area contributed by atoms with E-state index in [0.29, 0.717) is 43.5 Å². The van der Waals surface area contributed by atoms with Crippen LogP contribution in [0.15, 0.2) is 41.4 Å². The Balaban J connectivity index is 1.46. The van der Waals surface area contributed by atoms with Crippen molar-refractivity contribution in [3.8, 4) is 0 Å². The number of amides is 1. The minimum absolute atomic E-state index is 0.0846. The van der Waals surface area contributed by atoms with E-state index in [1.54, 1.807) is 7.05 Å². The summed E-state index contributed by atoms with van der Waals surface area (Å²) in [5, 5.41) is 2.88. The van der Waals surface area contributed by atoms with Crippen molar-refractivity contribution in [2.75, 3.05) is 49.6 Å². The van der Waals surface area contributed by atoms with Crippen LogP contribution in [0.3, 0.4) is 0 Å². The Labute approximate surface area is 192 Å². The number of anilines is 2. The summed E-state index contributed by atoms with van der Waals surface area (Å²) in [6, 6.07) is 8.93. The summed E-state index contributed by atoms with van der Waals surface area (Å²) in [6.07, 6.45) is 3.58. The van der Waals surface area contributed by atoms with Gasteiger partial charge in [0.25, 0.3) is 5.91 Å². The Kier molecular flexibility index (Phi) is 5.77. The quantitative estimate of drug-likeness (QED) is 0.606. The Hall–Kier alpha value is -3.02. The Bertz CT molecular complexity index is 1290. The molecule has 0 radical (unpaired) electrons. The second-order valence-electron chi connectivity index (χ2n) is 8.22. The third kappa shape index (κ3) is 4.19. The molecule has 0 saturated carbocycles. The lowest BCUT2D eigenvalue weighted by molar-refractivity contribution is 0.0730. The normalized spacial score (nSPS) is 17.5. The SMILES string of the molecule is Cn1cc(S(=O)(=O)N2CCOCC2)cc1C(=O)Nc1nc2ccccc2nc1N1CCCC1. The van der Waals surface area contributed by atoms with Crippen LogP contribution in [0.1, 0.15) is 23.3 Å². The van der Waals surface area contributed by atoms with Crippen LogP contribution in [0.2, 0.25) is 0 Å². The molecule has 1 amide bonds. The van der Waals surface area contributed by atoms with Crippen molar-refractivity contribution in [2.45, 2.75) is 17.7 Å². The fourth-order valence-electron chi connectivity index (χ4n) is 4.23. The van der Waals surface area contributed by atoms with E-state index >= 15 is 0 Å². The Morgan fingerprint density at radius 3 is 2.39 bits per heavy atom. The smallest absolute Gasteiger partial charge is 0.273 e. The topological polar surface area (TPSA) is 110 Å². The molecule has 2 aromatic heterocycles. The number of ether oxygens (including phenoxy) is 1. The number of carbonyl (C=O) groups is 1. The lowest BCUT2D eigenvalue weighted by atomic mass is 10.3. The van der Waals surface area contributed by atoms with Gasteiger partial charge in [-0.1, -0.05) is 12.1 Å². The monoisotopic (exact) mass is 470 g/mol. The van der Waals surface area contributed by atoms with E-state index in [0.717, 1.165) is 31.4 Å². The van der Waals surface area contributed by atoms with Crippen LogP contribution in [-0.2, 0) is 21.8 Å². The summed E-state index contributed by atoms with van der Waals surface area (Å²) < 4.78 is 34.2. The highest BCUT2D eigenvalue weighted by molar-refractivity contribution is 7.89. The molecule has 1 aromatic carbocycles. The second kappa shape index (κ2) is 8.73. The maximum atomic E-state index is 13.2. The molecular weight excluding hydrogens is 444 g/mol. The van der Waals surface area contributed by atoms with Gasteiger partial charge >= 0.3 is 0 Å². The number of nitrogens with zero attached hydrogens (tertiary/aromatic N) is 5. The predicted molar refractivity (Wildman–Crippen MR) is 124 cm³/mol. The Morgan fingerprint density at radius 2 is 1.70 bits per heavy atom. The van der Waals surface area contributed by atoms with Crippen LogP contribution < -0.4 is 10.2 Å². The molecule has 0 bridgehead atoms. The molecule has 0 unspecified atom stereocenters. The van der Waals surface area contributed by atoms with Gasteiger partial charge in [0.15, 0.2) is 11.6 Å². The second-order valence-corrected chi connectivity index (χ2v) is 10.2. The molecule has 0 aliphatic carbocycles. The molecule has 3 aromatic rings. The molecule has 11 heteroatoms. The largest absolute Gasteiger partial charge is 0.379 e. The predicted octanol–water partition coefficient (Wildman–Crippen LogP) is 1.84. The first-order valence-corrected chi connectivity index (χ1v) is 12.4. The van der Waals surface area contributed by atoms with Crippen LogP contribution in [0.5, 0.6) is 0 Å². The number of hydrogen-bond donors (Lipinski definition) is 1. The van der Waals surface area contributed by atoms with Crippen molar-refractivity contribution < 1.29 is 17.9 Å². The number of rotatable bonds is 5. The first-order valence-electron chi connectivity index (χ1n) is 11.0. The molecule has 0 atom stereocenters. The van der Waals surface area contributed by atoms with E-state index in [1.807, 2.05) is 24.3 Å². The highest BCUT2D eigenvalue weighted by Gasteiger charge is 2.29. The zero-order valence-corrected chi connectivity index (χ0v) is 19.2. The minimum atomic E-state index is -3.70. The number of fused-ring (bicyclic) bond motifs is 1. The minimum Gasteiger partial charge on any atom is -0.379 e. The summed E-state index contributed by atoms with van der Waals surface area (Å²) in [5.74, 6) is 0.570. The average molecular weight is 471 g/mol. The van der Waals surface area contributed by atoms with Gasteiger partial charge in [0, 0.05) is 39.4 Å². The van der Waals surface area contributed by atoms with E-state index < -0.39 is 15.9 Å². The fraction of sp³-hybridized carbons (Fsp3) is 0.409. The number of aryl methyl sites for hydroxylation is 1. The van der Waals surface area contributed by atoms with E-state index in [2.05, 4.69) is 15.2 Å². The van der Waals surface area contributed by atoms with E-state index in [4.69, 9.17) is 9.72 Å². The average Bonchev–Trinajstić information content (AvgIpc) is 3.49. The fourth-order valence-corrected chi connectivity index (χ4v) is 5.71. The van der Waals surface area contributed by atoms with Gasteiger partial charge in [-0.05, 0) is 31.0 Å². The van der Waals surface area contributed by atoms with Gasteiger partial charge in [-0.3, -0.25) is 4.79 Å². The first-order chi connectivity index (χ1) is 15.9. The van der Waals surface area contributed by atoms with Gasteiger partial charge in [0.1, 0.15) is 10.6 Å². The summed E-state index contributed by atoms with van der Waals surface area (Å²) in [7, 11) is -2.05. The summed E-state index contributed by atoms with van der Waals surface area (Å²) in [5.41, 5.74) is 1.66. The third-order valence-electron chi connectivity index (χ3n) is 6.01. The number of morpholine rings is 1. The molecule has 10 nitrogen and oxygen atoms in total. The highest BCUT2D eigenvalue weighted by Crippen LogP contribution is 2.28. The third-order valence-corrected chi connectivity index (χ3v) is 7.87. The van der Waals surface area contributed by atoms with Crippen molar-refractivity contribution in [3.63, 3.8) is 0 Å². The summed E-state index contributed by atoms with van der Waals surface area (Å²) in [4.78, 5) is 24.8. The zero-order chi connectivity index (χ0) is 23.0. The first kappa shape index (κ1) is 21.8. The van der Waals surface area contributed by atoms with Crippen LogP contribution in [0.25, 0.3) is 11.0 Å². The molecule has 0 spiro atoms. The van der Waals surface area contributed by atoms with Gasteiger partial charge in [-0.2, -0.15) is 4.31 Å². The molecule has 174 valence electrons. The maximum Gasteiger partial charge on any atom is 0.273 e. The lowest BCUT2D eigenvalue weighted by Gasteiger charge is -2.25. The van der Waals surface area contributed by atoms with Gasteiger partial charge in [-0.25, -0.2) is 18.4 Å². The molecule has 4 heterocycles. The van der Waals surface area contributed by atoms with Gasteiger partial charge in [-0.15, -0.1) is 0 Å². The number of carbonyl (C=O) groups excluding carboxylic acids is 1. The summed E-state index contributed by atoms with van der Waals surface area (Å²) in [6.45, 7) is 3.01. The van der Waals surface area contributed by atoms with E-state index in [1.165, 1.54) is 21.1 Å². The molecule has 5 rings (SSSR count). The van der Waals surface area contributed by atoms with Crippen LogP contribution >= 0.6 is 0 Å². The molecule has 33 heavy (non-hydrogen) atoms. The van der Waals surface area contributed by atoms with Crippen LogP contribution in [-0.4, -0.2) is 72.6 Å². The highest BCUT2D eigenvalue weighted by atomic mass is 32.2. The maximum absolute atomic E-state index is 13.2. The number of sulfonamides is 1. The number of benzene rings is 1. The molecule has 2 fully saturated rings. The van der Waals surface area contributed by atoms with Gasteiger partial charge < -0.3 is 19.5 Å². The van der Waals surface area contributed by atoms with Crippen molar-refractivity contribution in [1.82, 2.24) is 18.8 Å². The molecule has 2 aliphatic heterocycles. The standard InChI is InChI=1S/C22H26N6O4S/c1-26-15-16(33(30,31)28-10-12-32-13-11-28)14-19(26)22(29)25-20-21(27-8-4-5-9-27)24-18-7-3-2-6-17(18)23-20/h2-3,6-7,14-15H,4-5,8-13H2,1H3,(H,23,25,29). The molecule has 2 aliphatic rings. The van der Waals surface area contributed by atoms with E-state index in [9.17, 15) is 13.2 Å². The van der Waals surface area contributed by atoms with Crippen LogP contribution in [0.4, 0.5) is 11.6 Å². The van der Waals surface area contributed by atoms with E-state index in [-0.39, 0.29) is 10.6 Å². The molecular formula is C22H26N6O4S. The zero-order valence-electron chi connectivity index (χ0n) is 18.4. The number of nitrogens with one attached hydrogen (secondary N) is 1. The van der Waals surface area contributed by atoms with Crippen molar-refractivity contribution in [3.05, 3.63) is 42.2 Å².